The number of alkyl carbamates (subject to hydrolysis) is 4. The zero-order valence-corrected chi connectivity index (χ0v) is 67.9. The number of benzene rings is 2. The van der Waals surface area contributed by atoms with Gasteiger partial charge in [0.25, 0.3) is 12.8 Å². The Morgan fingerprint density at radius 2 is 1.07 bits per heavy atom. The Balaban J connectivity index is 0. The normalized spacial score (nSPS) is 15.4. The molecule has 2 aromatic carbocycles. The second kappa shape index (κ2) is 62.3. The minimum atomic E-state index is -3.34. The van der Waals surface area contributed by atoms with Gasteiger partial charge in [0.05, 0.1) is 45.8 Å². The van der Waals surface area contributed by atoms with Crippen molar-refractivity contribution in [2.24, 2.45) is 16.1 Å². The van der Waals surface area contributed by atoms with Gasteiger partial charge in [0, 0.05) is 63.3 Å². The summed E-state index contributed by atoms with van der Waals surface area (Å²) >= 11 is 0. The monoisotopic (exact) mass is 1680 g/mol. The standard InChI is InChI=1S/C32H50N8O9.C14H16N2O5.C9H13NO5.C7H13NO3.C4H10N4O.C4H6O3.C2H2F2O2/c1-6-11-24(29(44)39-26(20-27(42)49-32(3,4)5)28(43)34-16-18-47-19-17-36-40-33)38-30(45)25(37-22(2)41)14-10-15-35-31(46)48-21-23-12-8-7-9-13-23;17-12-11(16-14(19)21-12)7-4-8-15-13(18)20-9-10-5-2-1-3-6-10;1-9(2,3)15-6(11)4-5-7(12)14-8(13)10-5;1-4(2)3-5-6(9)11-7(10)8-5;5-1-3-9-4-2-7-8-6;1-3(5)7-4(2)6;3-1(4)2(5)6/h7-9,12-13,24-26H,6,10-11,14-21H2,1-5H3,(H,34,43)(H,35,46)(H,37,41)(H,38,45)(H,39,44);1-3,5-6,11H,4,7-9H2,(H,15,18)(H,16,19);5H,4H2,1-3H3,(H,10,13);4-5,7-8,10H,3H2,1-2H3;1-5H2;1-2H3;1H,(H,5,6)/t24-,25+,26+;11-;5-;5-,7?;;;/m1001.../s1. The van der Waals surface area contributed by atoms with Crippen molar-refractivity contribution in [3.8, 4) is 0 Å². The van der Waals surface area contributed by atoms with Crippen molar-refractivity contribution in [1.29, 1.82) is 0 Å². The first-order valence-corrected chi connectivity index (χ1v) is 36.8. The SMILES string of the molecule is CC(=O)OC(C)=O.CC(C)(C)OC(=O)C[C@@H]1NC(=O)OC1=O.CC(C)C[C@H]1NC(O)OC1=O.CCC[C@@H](NC(=O)[C@H](CCCNC(=O)OCc1ccccc1)NC(C)=O)C(=O)N[C@@H](CC(=O)OC(C)(C)C)C(=O)NCCOCCN=[N+]=[N-].O=C(NCCC[C@@H]1NC(=O)OC1=O)OCc1ccccc1.O=C([O-])C(F)F.[N-]=[N+]=NCCOCC[NH3+]. The molecule has 3 heterocycles. The van der Waals surface area contributed by atoms with Crippen LogP contribution in [0.15, 0.2) is 70.9 Å². The maximum absolute atomic E-state index is 13.4. The molecule has 660 valence electrons. The lowest BCUT2D eigenvalue weighted by atomic mass is 10.0. The van der Waals surface area contributed by atoms with E-state index in [0.717, 1.165) is 17.7 Å². The summed E-state index contributed by atoms with van der Waals surface area (Å²) in [6.07, 6.45) is -5.08. The molecule has 3 aliphatic heterocycles. The van der Waals surface area contributed by atoms with Gasteiger partial charge in [-0.15, -0.1) is 0 Å². The fourth-order valence-corrected chi connectivity index (χ4v) is 8.86. The molecule has 0 aromatic heterocycles. The molecule has 3 aliphatic rings. The Bertz CT molecular complexity index is 3570. The van der Waals surface area contributed by atoms with Gasteiger partial charge in [-0.3, -0.25) is 43.2 Å². The summed E-state index contributed by atoms with van der Waals surface area (Å²) in [5.74, 6) is -8.47. The van der Waals surface area contributed by atoms with Gasteiger partial charge in [-0.05, 0) is 108 Å². The van der Waals surface area contributed by atoms with Crippen LogP contribution in [0.25, 0.3) is 20.9 Å². The van der Waals surface area contributed by atoms with E-state index in [4.69, 9.17) is 54.5 Å². The van der Waals surface area contributed by atoms with Crippen LogP contribution in [0, 0.1) is 5.92 Å². The van der Waals surface area contributed by atoms with E-state index in [2.05, 4.69) is 92.6 Å². The molecule has 46 heteroatoms. The molecule has 8 amide bonds. The molecule has 0 bridgehead atoms. The van der Waals surface area contributed by atoms with Crippen LogP contribution >= 0.6 is 0 Å². The minimum Gasteiger partial charge on any atom is -0.544 e. The molecule has 2 aromatic rings. The summed E-state index contributed by atoms with van der Waals surface area (Å²) in [6, 6.07) is 13.2. The number of hydrogen-bond acceptors (Lipinski definition) is 31. The van der Waals surface area contributed by atoms with Gasteiger partial charge in [-0.25, -0.2) is 42.9 Å². The second-order valence-electron chi connectivity index (χ2n) is 26.9. The number of esters is 7. The summed E-state index contributed by atoms with van der Waals surface area (Å²) < 4.78 is 68.7. The zero-order valence-electron chi connectivity index (χ0n) is 67.9. The van der Waals surface area contributed by atoms with Crippen molar-refractivity contribution in [3.05, 3.63) is 92.7 Å². The van der Waals surface area contributed by atoms with Gasteiger partial charge in [0.1, 0.15) is 66.6 Å². The van der Waals surface area contributed by atoms with Crippen molar-refractivity contribution >= 4 is 95.8 Å². The number of quaternary nitrogens is 1. The number of amides is 8. The molecule has 0 radical (unpaired) electrons. The van der Waals surface area contributed by atoms with Gasteiger partial charge < -0.3 is 111 Å². The number of cyclic esters (lactones) is 5. The highest BCUT2D eigenvalue weighted by Gasteiger charge is 2.37. The zero-order chi connectivity index (χ0) is 89.8. The molecule has 7 atom stereocenters. The number of aliphatic hydroxyl groups excluding tert-OH is 1. The molecule has 13 N–H and O–H groups in total. The highest BCUT2D eigenvalue weighted by molar-refractivity contribution is 5.98. The Kier molecular flexibility index (Phi) is 57.1. The van der Waals surface area contributed by atoms with Crippen LogP contribution in [0.3, 0.4) is 0 Å². The summed E-state index contributed by atoms with van der Waals surface area (Å²) in [7, 11) is 0. The molecular weight excluding hydrogens is 1570 g/mol. The van der Waals surface area contributed by atoms with Crippen molar-refractivity contribution in [3.63, 3.8) is 0 Å². The Morgan fingerprint density at radius 3 is 1.47 bits per heavy atom. The maximum Gasteiger partial charge on any atom is 0.415 e. The third-order valence-corrected chi connectivity index (χ3v) is 13.6. The summed E-state index contributed by atoms with van der Waals surface area (Å²) in [5.41, 5.74) is 20.0. The van der Waals surface area contributed by atoms with E-state index in [1.54, 1.807) is 48.5 Å². The fourth-order valence-electron chi connectivity index (χ4n) is 8.86. The highest BCUT2D eigenvalue weighted by Crippen LogP contribution is 2.15. The van der Waals surface area contributed by atoms with Gasteiger partial charge in [-0.2, -0.15) is 0 Å². The Labute approximate surface area is 679 Å². The van der Waals surface area contributed by atoms with Crippen LogP contribution in [0.2, 0.25) is 0 Å². The number of ether oxygens (including phenoxy) is 10. The number of carboxylic acids is 1. The predicted octanol–water partition coefficient (Wildman–Crippen LogP) is 2.30. The third kappa shape index (κ3) is 59.7. The number of azide groups is 2. The average molecular weight is 1690 g/mol. The van der Waals surface area contributed by atoms with Crippen molar-refractivity contribution in [1.82, 2.24) is 47.9 Å². The minimum absolute atomic E-state index is 0.0446. The van der Waals surface area contributed by atoms with Crippen LogP contribution in [-0.2, 0) is 118 Å². The number of aliphatic carboxylic acids is 1. The molecular formula is C72H110F2N16O28. The maximum atomic E-state index is 13.4. The van der Waals surface area contributed by atoms with Gasteiger partial charge in [-0.1, -0.05) is 98.1 Å². The lowest BCUT2D eigenvalue weighted by Gasteiger charge is -2.26. The second-order valence-corrected chi connectivity index (χ2v) is 26.9. The number of halogens is 2. The first-order valence-electron chi connectivity index (χ1n) is 36.8. The van der Waals surface area contributed by atoms with E-state index in [9.17, 15) is 80.7 Å². The molecule has 3 saturated heterocycles. The topological polar surface area (TPSA) is 642 Å². The van der Waals surface area contributed by atoms with Crippen LogP contribution < -0.4 is 58.7 Å². The Morgan fingerprint density at radius 1 is 0.610 bits per heavy atom. The van der Waals surface area contributed by atoms with E-state index in [1.807, 2.05) is 74.5 Å². The quantitative estimate of drug-likeness (QED) is 0.00874. The number of nitrogens with one attached hydrogen (secondary N) is 9. The van der Waals surface area contributed by atoms with E-state index in [1.165, 1.54) is 20.8 Å². The molecule has 0 aliphatic carbocycles. The molecule has 0 spiro atoms. The highest BCUT2D eigenvalue weighted by atomic mass is 19.3. The van der Waals surface area contributed by atoms with Gasteiger partial charge in [0.2, 0.25) is 23.6 Å². The number of rotatable bonds is 38. The van der Waals surface area contributed by atoms with E-state index >= 15 is 0 Å². The number of carbonyl (C=O) groups excluding carboxylic acids is 16. The summed E-state index contributed by atoms with van der Waals surface area (Å²) in [4.78, 5) is 187. The summed E-state index contributed by atoms with van der Waals surface area (Å²) in [6.45, 7) is 23.1. The largest absolute Gasteiger partial charge is 0.544 e. The summed E-state index contributed by atoms with van der Waals surface area (Å²) in [5, 5.41) is 47.0. The fraction of sp³-hybridized carbons (Fsp3) is 0.611. The molecule has 118 heavy (non-hydrogen) atoms. The lowest BCUT2D eigenvalue weighted by Crippen LogP contribution is -2.57. The van der Waals surface area contributed by atoms with Gasteiger partial charge >= 0.3 is 66.2 Å². The van der Waals surface area contributed by atoms with Crippen LogP contribution in [0.1, 0.15) is 152 Å². The van der Waals surface area contributed by atoms with Crippen LogP contribution in [0.4, 0.5) is 28.0 Å². The van der Waals surface area contributed by atoms with E-state index in [0.29, 0.717) is 64.3 Å². The van der Waals surface area contributed by atoms with Crippen molar-refractivity contribution < 1.29 is 149 Å². The first kappa shape index (κ1) is 108. The number of nitrogens with zero attached hydrogens (tertiary/aromatic N) is 6. The van der Waals surface area contributed by atoms with Gasteiger partial charge in [0.15, 0.2) is 0 Å². The van der Waals surface area contributed by atoms with Crippen molar-refractivity contribution in [2.45, 2.75) is 214 Å². The smallest absolute Gasteiger partial charge is 0.415 e. The first-order chi connectivity index (χ1) is 55.4. The van der Waals surface area contributed by atoms with Crippen molar-refractivity contribution in [2.75, 3.05) is 65.7 Å². The van der Waals surface area contributed by atoms with Crippen LogP contribution in [-0.4, -0.2) is 227 Å². The number of carboxylic acid groups (broad SMARTS) is 1. The number of carbonyl (C=O) groups is 16. The molecule has 3 fully saturated rings. The molecule has 44 nitrogen and oxygen atoms in total. The molecule has 0 saturated carbocycles. The number of alkyl halides is 2. The number of aliphatic hydroxyl groups is 1. The Hall–Kier alpha value is -12.0. The average Bonchev–Trinajstić information content (AvgIpc) is 1.44. The lowest BCUT2D eigenvalue weighted by molar-refractivity contribution is -0.374. The number of hydrogen-bond donors (Lipinski definition) is 11. The van der Waals surface area contributed by atoms with Crippen LogP contribution in [0.5, 0.6) is 0 Å². The van der Waals surface area contributed by atoms with E-state index < -0.39 is 150 Å². The molecule has 5 rings (SSSR count). The molecule has 1 unspecified atom stereocenters. The van der Waals surface area contributed by atoms with E-state index in [-0.39, 0.29) is 77.3 Å². The predicted molar refractivity (Wildman–Crippen MR) is 404 cm³/mol. The third-order valence-electron chi connectivity index (χ3n) is 13.6.